The van der Waals surface area contributed by atoms with E-state index in [1.54, 1.807) is 13.8 Å². The summed E-state index contributed by atoms with van der Waals surface area (Å²) >= 11 is 0. The Balaban J connectivity index is 1.70. The van der Waals surface area contributed by atoms with Crippen LogP contribution in [0, 0.1) is 20.8 Å². The maximum Gasteiger partial charge on any atom is 0.244 e. The highest BCUT2D eigenvalue weighted by Gasteiger charge is 2.21. The first kappa shape index (κ1) is 15.7. The van der Waals surface area contributed by atoms with Crippen molar-refractivity contribution in [3.8, 4) is 0 Å². The number of nitrogens with one attached hydrogen (secondary N) is 3. The second-order valence-electron chi connectivity index (χ2n) is 5.58. The molecule has 0 aliphatic carbocycles. The molecule has 2 aromatic heterocycles. The quantitative estimate of drug-likeness (QED) is 0.661. The van der Waals surface area contributed by atoms with Crippen molar-refractivity contribution in [1.29, 1.82) is 0 Å². The molecule has 0 unspecified atom stereocenters. The van der Waals surface area contributed by atoms with Crippen LogP contribution in [-0.2, 0) is 16.4 Å². The molecule has 0 saturated carbocycles. The average molecular weight is 333 g/mol. The molecule has 1 aromatic carbocycles. The van der Waals surface area contributed by atoms with Crippen LogP contribution in [-0.4, -0.2) is 35.1 Å². The molecule has 0 spiro atoms. The van der Waals surface area contributed by atoms with Gasteiger partial charge in [0, 0.05) is 6.54 Å². The Hall–Kier alpha value is -2.19. The van der Waals surface area contributed by atoms with E-state index in [-0.39, 0.29) is 4.90 Å². The highest BCUT2D eigenvalue weighted by molar-refractivity contribution is 7.89. The number of nitrogens with zero attached hydrogens (tertiary/aromatic N) is 2. The molecule has 2 heterocycles. The van der Waals surface area contributed by atoms with Gasteiger partial charge in [-0.1, -0.05) is 6.07 Å². The molecule has 0 atom stereocenters. The normalized spacial score (nSPS) is 12.1. The van der Waals surface area contributed by atoms with Crippen LogP contribution in [0.25, 0.3) is 11.0 Å². The Morgan fingerprint density at radius 3 is 2.70 bits per heavy atom. The summed E-state index contributed by atoms with van der Waals surface area (Å²) in [7, 11) is -3.55. The molecule has 3 N–H and O–H groups in total. The second kappa shape index (κ2) is 5.78. The SMILES string of the molecule is Cc1nc2ccc(CCNS(=O)(=O)c3c(C)n[nH]c3C)cc2[nH]1. The summed E-state index contributed by atoms with van der Waals surface area (Å²) in [4.78, 5) is 7.76. The van der Waals surface area contributed by atoms with Crippen LogP contribution in [0.15, 0.2) is 23.1 Å². The molecule has 23 heavy (non-hydrogen) atoms. The third-order valence-corrected chi connectivity index (χ3v) is 5.42. The number of aromatic nitrogens is 4. The summed E-state index contributed by atoms with van der Waals surface area (Å²) < 4.78 is 27.3. The van der Waals surface area contributed by atoms with Crippen molar-refractivity contribution in [3.05, 3.63) is 41.0 Å². The first-order valence-electron chi connectivity index (χ1n) is 7.33. The van der Waals surface area contributed by atoms with Gasteiger partial charge in [0.25, 0.3) is 0 Å². The van der Waals surface area contributed by atoms with Gasteiger partial charge in [0.05, 0.1) is 22.4 Å². The molecule has 0 aliphatic rings. The lowest BCUT2D eigenvalue weighted by Gasteiger charge is -2.07. The maximum absolute atomic E-state index is 12.4. The van der Waals surface area contributed by atoms with E-state index in [1.165, 1.54) is 0 Å². The Labute approximate surface area is 134 Å². The molecule has 122 valence electrons. The number of fused-ring (bicyclic) bond motifs is 1. The highest BCUT2D eigenvalue weighted by Crippen LogP contribution is 2.17. The van der Waals surface area contributed by atoms with Crippen molar-refractivity contribution < 1.29 is 8.42 Å². The van der Waals surface area contributed by atoms with Crippen molar-refractivity contribution >= 4 is 21.1 Å². The number of benzene rings is 1. The smallest absolute Gasteiger partial charge is 0.244 e. The Kier molecular flexibility index (Phi) is 3.95. The van der Waals surface area contributed by atoms with Crippen LogP contribution < -0.4 is 4.72 Å². The van der Waals surface area contributed by atoms with Gasteiger partial charge in [-0.05, 0) is 44.9 Å². The van der Waals surface area contributed by atoms with Crippen LogP contribution in [0.3, 0.4) is 0 Å². The maximum atomic E-state index is 12.4. The topological polar surface area (TPSA) is 104 Å². The summed E-state index contributed by atoms with van der Waals surface area (Å²) in [6, 6.07) is 5.90. The molecule has 0 amide bonds. The number of H-pyrrole nitrogens is 2. The van der Waals surface area contributed by atoms with Gasteiger partial charge in [0.15, 0.2) is 0 Å². The third-order valence-electron chi connectivity index (χ3n) is 3.70. The fraction of sp³-hybridized carbons (Fsp3) is 0.333. The molecule has 0 radical (unpaired) electrons. The third kappa shape index (κ3) is 3.13. The predicted molar refractivity (Wildman–Crippen MR) is 87.8 cm³/mol. The Morgan fingerprint density at radius 1 is 1.22 bits per heavy atom. The van der Waals surface area contributed by atoms with Crippen LogP contribution in [0.1, 0.15) is 22.8 Å². The van der Waals surface area contributed by atoms with Gasteiger partial charge in [0.2, 0.25) is 10.0 Å². The van der Waals surface area contributed by atoms with E-state index < -0.39 is 10.0 Å². The summed E-state index contributed by atoms with van der Waals surface area (Å²) in [5.74, 6) is 0.865. The van der Waals surface area contributed by atoms with E-state index in [2.05, 4.69) is 24.9 Å². The number of sulfonamides is 1. The summed E-state index contributed by atoms with van der Waals surface area (Å²) in [5.41, 5.74) is 3.94. The van der Waals surface area contributed by atoms with Crippen molar-refractivity contribution in [1.82, 2.24) is 24.9 Å². The zero-order valence-electron chi connectivity index (χ0n) is 13.3. The number of aryl methyl sites for hydroxylation is 3. The highest BCUT2D eigenvalue weighted by atomic mass is 32.2. The van der Waals surface area contributed by atoms with Gasteiger partial charge < -0.3 is 4.98 Å². The Bertz CT molecular complexity index is 936. The standard InChI is InChI=1S/C15H19N5O2S/c1-9-15(10(2)20-19-9)23(21,22)16-7-6-12-4-5-13-14(8-12)18-11(3)17-13/h4-5,8,16H,6-7H2,1-3H3,(H,17,18)(H,19,20). The van der Waals surface area contributed by atoms with E-state index in [9.17, 15) is 8.42 Å². The molecule has 8 heteroatoms. The fourth-order valence-electron chi connectivity index (χ4n) is 2.68. The zero-order valence-corrected chi connectivity index (χ0v) is 14.1. The van der Waals surface area contributed by atoms with Crippen LogP contribution in [0.4, 0.5) is 0 Å². The van der Waals surface area contributed by atoms with E-state index in [4.69, 9.17) is 0 Å². The molecule has 7 nitrogen and oxygen atoms in total. The molecule has 0 saturated heterocycles. The van der Waals surface area contributed by atoms with Gasteiger partial charge in [-0.25, -0.2) is 18.1 Å². The first-order valence-corrected chi connectivity index (χ1v) is 8.81. The van der Waals surface area contributed by atoms with E-state index >= 15 is 0 Å². The molecule has 3 aromatic rings. The van der Waals surface area contributed by atoms with Crippen LogP contribution in [0.5, 0.6) is 0 Å². The molecule has 3 rings (SSSR count). The molecular formula is C15H19N5O2S. The van der Waals surface area contributed by atoms with Gasteiger partial charge in [-0.15, -0.1) is 0 Å². The lowest BCUT2D eigenvalue weighted by molar-refractivity contribution is 0.580. The average Bonchev–Trinajstić information content (AvgIpc) is 3.00. The zero-order chi connectivity index (χ0) is 16.6. The van der Waals surface area contributed by atoms with Crippen LogP contribution >= 0.6 is 0 Å². The minimum atomic E-state index is -3.55. The predicted octanol–water partition coefficient (Wildman–Crippen LogP) is 1.73. The minimum Gasteiger partial charge on any atom is -0.342 e. The molecule has 0 aliphatic heterocycles. The number of aromatic amines is 2. The van der Waals surface area contributed by atoms with Gasteiger partial charge in [-0.3, -0.25) is 5.10 Å². The molecule has 0 fully saturated rings. The molecular weight excluding hydrogens is 314 g/mol. The lowest BCUT2D eigenvalue weighted by atomic mass is 10.1. The number of hydrogen-bond acceptors (Lipinski definition) is 4. The van der Waals surface area contributed by atoms with Crippen molar-refractivity contribution in [3.63, 3.8) is 0 Å². The van der Waals surface area contributed by atoms with Crippen LogP contribution in [0.2, 0.25) is 0 Å². The van der Waals surface area contributed by atoms with E-state index in [0.29, 0.717) is 24.4 Å². The Morgan fingerprint density at radius 2 is 2.00 bits per heavy atom. The summed E-state index contributed by atoms with van der Waals surface area (Å²) in [5, 5.41) is 6.62. The number of rotatable bonds is 5. The van der Waals surface area contributed by atoms with Gasteiger partial charge >= 0.3 is 0 Å². The summed E-state index contributed by atoms with van der Waals surface area (Å²) in [6.45, 7) is 5.60. The molecule has 0 bridgehead atoms. The lowest BCUT2D eigenvalue weighted by Crippen LogP contribution is -2.26. The first-order chi connectivity index (χ1) is 10.9. The fourth-order valence-corrected chi connectivity index (χ4v) is 4.08. The van der Waals surface area contributed by atoms with Crippen molar-refractivity contribution in [2.75, 3.05) is 6.54 Å². The number of imidazole rings is 1. The van der Waals surface area contributed by atoms with Gasteiger partial charge in [0.1, 0.15) is 10.7 Å². The van der Waals surface area contributed by atoms with E-state index in [1.807, 2.05) is 25.1 Å². The summed E-state index contributed by atoms with van der Waals surface area (Å²) in [6.07, 6.45) is 0.600. The van der Waals surface area contributed by atoms with Gasteiger partial charge in [-0.2, -0.15) is 5.10 Å². The second-order valence-corrected chi connectivity index (χ2v) is 7.29. The van der Waals surface area contributed by atoms with Crippen molar-refractivity contribution in [2.24, 2.45) is 0 Å². The largest absolute Gasteiger partial charge is 0.342 e. The minimum absolute atomic E-state index is 0.233. The monoisotopic (exact) mass is 333 g/mol. The number of hydrogen-bond donors (Lipinski definition) is 3. The van der Waals surface area contributed by atoms with E-state index in [0.717, 1.165) is 22.4 Å². The van der Waals surface area contributed by atoms with Crippen molar-refractivity contribution in [2.45, 2.75) is 32.1 Å².